The highest BCUT2D eigenvalue weighted by molar-refractivity contribution is 7.98. The largest absolute Gasteiger partial charge is 0.338 e. The molecule has 0 aromatic heterocycles. The zero-order valence-electron chi connectivity index (χ0n) is 13.3. The van der Waals surface area contributed by atoms with E-state index >= 15 is 0 Å². The molecule has 3 nitrogen and oxygen atoms in total. The van der Waals surface area contributed by atoms with Crippen LogP contribution in [0.15, 0.2) is 59.5 Å². The van der Waals surface area contributed by atoms with Crippen LogP contribution in [-0.2, 0) is 0 Å². The molecule has 1 saturated heterocycles. The molecule has 1 aliphatic rings. The minimum absolute atomic E-state index is 0.117. The molecule has 2 N–H and O–H groups in total. The second-order valence-corrected chi connectivity index (χ2v) is 6.77. The third-order valence-electron chi connectivity index (χ3n) is 4.60. The molecule has 0 unspecified atom stereocenters. The molecule has 0 aliphatic carbocycles. The third kappa shape index (κ3) is 3.28. The Morgan fingerprint density at radius 3 is 2.52 bits per heavy atom. The quantitative estimate of drug-likeness (QED) is 0.878. The number of nitrogens with two attached hydrogens (primary N) is 1. The van der Waals surface area contributed by atoms with Gasteiger partial charge in [0.2, 0.25) is 0 Å². The van der Waals surface area contributed by atoms with Gasteiger partial charge in [0, 0.05) is 23.9 Å². The van der Waals surface area contributed by atoms with Gasteiger partial charge in [0.15, 0.2) is 0 Å². The van der Waals surface area contributed by atoms with E-state index in [-0.39, 0.29) is 5.91 Å². The fraction of sp³-hybridized carbons (Fsp3) is 0.316. The number of thioether (sulfide) groups is 1. The summed E-state index contributed by atoms with van der Waals surface area (Å²) in [5.41, 5.74) is 8.05. The van der Waals surface area contributed by atoms with Crippen LogP contribution < -0.4 is 5.73 Å². The van der Waals surface area contributed by atoms with Crippen LogP contribution in [0.1, 0.15) is 21.8 Å². The van der Waals surface area contributed by atoms with E-state index in [0.717, 1.165) is 23.5 Å². The molecule has 0 spiro atoms. The van der Waals surface area contributed by atoms with Crippen LogP contribution in [0.5, 0.6) is 0 Å². The Hall–Kier alpha value is -1.78. The van der Waals surface area contributed by atoms with Gasteiger partial charge in [-0.25, -0.2) is 0 Å². The van der Waals surface area contributed by atoms with Crippen LogP contribution in [0.3, 0.4) is 0 Å². The Balaban J connectivity index is 1.83. The molecule has 2 aromatic carbocycles. The summed E-state index contributed by atoms with van der Waals surface area (Å²) >= 11 is 1.61. The van der Waals surface area contributed by atoms with Crippen LogP contribution in [0.4, 0.5) is 0 Å². The van der Waals surface area contributed by atoms with E-state index in [4.69, 9.17) is 5.73 Å². The minimum Gasteiger partial charge on any atom is -0.338 e. The van der Waals surface area contributed by atoms with E-state index in [9.17, 15) is 4.79 Å². The van der Waals surface area contributed by atoms with Crippen molar-refractivity contribution in [3.8, 4) is 0 Å². The van der Waals surface area contributed by atoms with Gasteiger partial charge >= 0.3 is 0 Å². The van der Waals surface area contributed by atoms with Crippen LogP contribution in [0.25, 0.3) is 0 Å². The standard InChI is InChI=1S/C19H22N2OS/c1-23-18-10-6-5-9-16(18)19(22)21-12-15(11-20)17(13-21)14-7-3-2-4-8-14/h2-10,15,17H,11-13,20H2,1H3/t15-,17+/m1/s1. The SMILES string of the molecule is CSc1ccccc1C(=O)N1C[C@@H](CN)[C@H](c2ccccc2)C1. The zero-order chi connectivity index (χ0) is 16.2. The number of rotatable bonds is 4. The first kappa shape index (κ1) is 16.1. The summed E-state index contributed by atoms with van der Waals surface area (Å²) in [6.45, 7) is 2.08. The molecule has 0 saturated carbocycles. The maximum atomic E-state index is 12.9. The molecule has 0 radical (unpaired) electrons. The van der Waals surface area contributed by atoms with Crippen LogP contribution in [0.2, 0.25) is 0 Å². The van der Waals surface area contributed by atoms with Crippen molar-refractivity contribution in [1.29, 1.82) is 0 Å². The van der Waals surface area contributed by atoms with Gasteiger partial charge in [0.25, 0.3) is 5.91 Å². The number of hydrogen-bond acceptors (Lipinski definition) is 3. The molecule has 3 rings (SSSR count). The maximum absolute atomic E-state index is 12.9. The summed E-state index contributed by atoms with van der Waals surface area (Å²) in [7, 11) is 0. The average Bonchev–Trinajstić information content (AvgIpc) is 3.06. The third-order valence-corrected chi connectivity index (χ3v) is 5.39. The van der Waals surface area contributed by atoms with Gasteiger partial charge < -0.3 is 10.6 Å². The van der Waals surface area contributed by atoms with Gasteiger partial charge in [-0.05, 0) is 36.4 Å². The Kier molecular flexibility index (Phi) is 5.03. The van der Waals surface area contributed by atoms with Gasteiger partial charge in [0.05, 0.1) is 5.56 Å². The lowest BCUT2D eigenvalue weighted by Gasteiger charge is -2.18. The first-order valence-corrected chi connectivity index (χ1v) is 9.14. The summed E-state index contributed by atoms with van der Waals surface area (Å²) in [6.07, 6.45) is 2.01. The molecule has 1 heterocycles. The van der Waals surface area contributed by atoms with Crippen molar-refractivity contribution in [2.75, 3.05) is 25.9 Å². The first-order valence-electron chi connectivity index (χ1n) is 7.92. The van der Waals surface area contributed by atoms with Crippen molar-refractivity contribution in [2.24, 2.45) is 11.7 Å². The Morgan fingerprint density at radius 2 is 1.83 bits per heavy atom. The van der Waals surface area contributed by atoms with E-state index in [1.165, 1.54) is 5.56 Å². The Morgan fingerprint density at radius 1 is 1.13 bits per heavy atom. The predicted molar refractivity (Wildman–Crippen MR) is 95.9 cm³/mol. The maximum Gasteiger partial charge on any atom is 0.255 e. The van der Waals surface area contributed by atoms with E-state index in [1.54, 1.807) is 11.8 Å². The number of amides is 1. The summed E-state index contributed by atoms with van der Waals surface area (Å²) in [4.78, 5) is 15.9. The molecule has 1 amide bonds. The number of carbonyl (C=O) groups is 1. The number of nitrogens with zero attached hydrogens (tertiary/aromatic N) is 1. The van der Waals surface area contributed by atoms with Crippen LogP contribution in [-0.4, -0.2) is 36.7 Å². The fourth-order valence-electron chi connectivity index (χ4n) is 3.35. The molecule has 4 heteroatoms. The lowest BCUT2D eigenvalue weighted by Crippen LogP contribution is -2.30. The molecule has 0 bridgehead atoms. The van der Waals surface area contributed by atoms with Crippen molar-refractivity contribution in [3.63, 3.8) is 0 Å². The summed E-state index contributed by atoms with van der Waals surface area (Å²) in [6, 6.07) is 18.2. The fourth-order valence-corrected chi connectivity index (χ4v) is 3.94. The summed E-state index contributed by atoms with van der Waals surface area (Å²) < 4.78 is 0. The molecule has 2 aromatic rings. The highest BCUT2D eigenvalue weighted by Gasteiger charge is 2.35. The van der Waals surface area contributed by atoms with Crippen molar-refractivity contribution in [3.05, 3.63) is 65.7 Å². The van der Waals surface area contributed by atoms with E-state index < -0.39 is 0 Å². The summed E-state index contributed by atoms with van der Waals surface area (Å²) in [5.74, 6) is 0.765. The van der Waals surface area contributed by atoms with Gasteiger partial charge in [0.1, 0.15) is 0 Å². The lowest BCUT2D eigenvalue weighted by molar-refractivity contribution is 0.0783. The summed E-state index contributed by atoms with van der Waals surface area (Å²) in [5, 5.41) is 0. The van der Waals surface area contributed by atoms with Gasteiger partial charge in [-0.15, -0.1) is 11.8 Å². The molecule has 23 heavy (non-hydrogen) atoms. The number of benzene rings is 2. The van der Waals surface area contributed by atoms with Crippen molar-refractivity contribution in [2.45, 2.75) is 10.8 Å². The monoisotopic (exact) mass is 326 g/mol. The first-order chi connectivity index (χ1) is 11.2. The molecule has 2 atom stereocenters. The Labute approximate surface area is 141 Å². The van der Waals surface area contributed by atoms with Gasteiger partial charge in [-0.2, -0.15) is 0 Å². The lowest BCUT2D eigenvalue weighted by atomic mass is 9.89. The van der Waals surface area contributed by atoms with Gasteiger partial charge in [-0.1, -0.05) is 42.5 Å². The second kappa shape index (κ2) is 7.20. The van der Waals surface area contributed by atoms with Crippen molar-refractivity contribution < 1.29 is 4.79 Å². The number of carbonyl (C=O) groups excluding carboxylic acids is 1. The predicted octanol–water partition coefficient (Wildman–Crippen LogP) is 3.22. The second-order valence-electron chi connectivity index (χ2n) is 5.92. The van der Waals surface area contributed by atoms with Crippen molar-refractivity contribution in [1.82, 2.24) is 4.90 Å². The van der Waals surface area contributed by atoms with E-state index in [1.807, 2.05) is 41.5 Å². The smallest absolute Gasteiger partial charge is 0.255 e. The molecule has 1 fully saturated rings. The number of likely N-dealkylation sites (tertiary alicyclic amines) is 1. The average molecular weight is 326 g/mol. The highest BCUT2D eigenvalue weighted by atomic mass is 32.2. The van der Waals surface area contributed by atoms with Crippen molar-refractivity contribution >= 4 is 17.7 Å². The minimum atomic E-state index is 0.117. The zero-order valence-corrected chi connectivity index (χ0v) is 14.1. The molecule has 1 aliphatic heterocycles. The molecular formula is C19H22N2OS. The molecular weight excluding hydrogens is 304 g/mol. The normalized spacial score (nSPS) is 20.7. The topological polar surface area (TPSA) is 46.3 Å². The van der Waals surface area contributed by atoms with Crippen LogP contribution >= 0.6 is 11.8 Å². The Bertz CT molecular complexity index is 674. The van der Waals surface area contributed by atoms with E-state index in [2.05, 4.69) is 24.3 Å². The van der Waals surface area contributed by atoms with E-state index in [0.29, 0.717) is 18.4 Å². The molecule has 120 valence electrons. The van der Waals surface area contributed by atoms with Crippen LogP contribution in [0, 0.1) is 5.92 Å². The van der Waals surface area contributed by atoms with Gasteiger partial charge in [-0.3, -0.25) is 4.79 Å². The highest BCUT2D eigenvalue weighted by Crippen LogP contribution is 2.33. The number of hydrogen-bond donors (Lipinski definition) is 1.